The van der Waals surface area contributed by atoms with Crippen LogP contribution in [0, 0.1) is 6.92 Å². The Labute approximate surface area is 139 Å². The molecule has 0 bridgehead atoms. The number of nitrogens with zero attached hydrogens (tertiary/aromatic N) is 2. The van der Waals surface area contributed by atoms with Crippen LogP contribution in [-0.2, 0) is 4.79 Å². The first kappa shape index (κ1) is 15.7. The van der Waals surface area contributed by atoms with E-state index in [-0.39, 0.29) is 5.91 Å². The third kappa shape index (κ3) is 3.78. The molecule has 24 heavy (non-hydrogen) atoms. The number of para-hydroxylation sites is 1. The zero-order chi connectivity index (χ0) is 16.9. The van der Waals surface area contributed by atoms with Crippen molar-refractivity contribution in [3.8, 4) is 17.1 Å². The molecule has 0 radical (unpaired) electrons. The molecule has 1 unspecified atom stereocenters. The predicted octanol–water partition coefficient (Wildman–Crippen LogP) is 3.45. The Morgan fingerprint density at radius 3 is 2.67 bits per heavy atom. The van der Waals surface area contributed by atoms with Gasteiger partial charge in [-0.3, -0.25) is 4.79 Å². The van der Waals surface area contributed by atoms with E-state index in [4.69, 9.17) is 9.26 Å². The fourth-order valence-corrected chi connectivity index (χ4v) is 2.15. The van der Waals surface area contributed by atoms with Gasteiger partial charge in [-0.2, -0.15) is 4.98 Å². The highest BCUT2D eigenvalue weighted by Crippen LogP contribution is 2.20. The number of hydrogen-bond donors (Lipinski definition) is 1. The second-order valence-corrected chi connectivity index (χ2v) is 5.28. The van der Waals surface area contributed by atoms with Gasteiger partial charge in [0.1, 0.15) is 5.75 Å². The van der Waals surface area contributed by atoms with Gasteiger partial charge in [-0.1, -0.05) is 35.5 Å². The Morgan fingerprint density at radius 2 is 1.96 bits per heavy atom. The highest BCUT2D eigenvalue weighted by Gasteiger charge is 2.15. The summed E-state index contributed by atoms with van der Waals surface area (Å²) in [5.41, 5.74) is 1.41. The van der Waals surface area contributed by atoms with E-state index in [0.29, 0.717) is 23.2 Å². The Morgan fingerprint density at radius 1 is 1.17 bits per heavy atom. The van der Waals surface area contributed by atoms with Crippen molar-refractivity contribution < 1.29 is 14.1 Å². The van der Waals surface area contributed by atoms with Gasteiger partial charge in [0, 0.05) is 18.2 Å². The van der Waals surface area contributed by atoms with E-state index in [1.807, 2.05) is 42.5 Å². The van der Waals surface area contributed by atoms with Crippen molar-refractivity contribution in [2.75, 3.05) is 5.32 Å². The third-order valence-electron chi connectivity index (χ3n) is 3.34. The number of hydrogen-bond acceptors (Lipinski definition) is 5. The van der Waals surface area contributed by atoms with E-state index in [0.717, 1.165) is 5.56 Å². The first-order valence-corrected chi connectivity index (χ1v) is 7.55. The quantitative estimate of drug-likeness (QED) is 0.778. The maximum absolute atomic E-state index is 12.3. The number of carbonyl (C=O) groups excluding carboxylic acids is 1. The molecule has 0 spiro atoms. The van der Waals surface area contributed by atoms with Crippen molar-refractivity contribution in [2.45, 2.75) is 20.0 Å². The molecule has 0 aliphatic rings. The lowest BCUT2D eigenvalue weighted by molar-refractivity contribution is -0.122. The average molecular weight is 323 g/mol. The molecule has 3 rings (SSSR count). The molecule has 122 valence electrons. The molecule has 0 saturated carbocycles. The van der Waals surface area contributed by atoms with Gasteiger partial charge >= 0.3 is 0 Å². The van der Waals surface area contributed by atoms with E-state index in [9.17, 15) is 4.79 Å². The van der Waals surface area contributed by atoms with Crippen molar-refractivity contribution >= 4 is 11.6 Å². The second-order valence-electron chi connectivity index (χ2n) is 5.28. The first-order chi connectivity index (χ1) is 11.6. The summed E-state index contributed by atoms with van der Waals surface area (Å²) in [5, 5.41) is 6.70. The molecule has 0 fully saturated rings. The number of anilines is 1. The summed E-state index contributed by atoms with van der Waals surface area (Å²) in [6.07, 6.45) is -0.622. The van der Waals surface area contributed by atoms with Gasteiger partial charge in [0.25, 0.3) is 5.91 Å². The highest BCUT2D eigenvalue weighted by atomic mass is 16.5. The number of ether oxygens (including phenoxy) is 1. The van der Waals surface area contributed by atoms with E-state index < -0.39 is 6.10 Å². The van der Waals surface area contributed by atoms with Crippen LogP contribution >= 0.6 is 0 Å². The van der Waals surface area contributed by atoms with Gasteiger partial charge < -0.3 is 14.6 Å². The zero-order valence-corrected chi connectivity index (χ0v) is 13.4. The summed E-state index contributed by atoms with van der Waals surface area (Å²) in [4.78, 5) is 16.5. The lowest BCUT2D eigenvalue weighted by Gasteiger charge is -2.14. The van der Waals surface area contributed by atoms with Crippen LogP contribution in [0.3, 0.4) is 0 Å². The van der Waals surface area contributed by atoms with Crippen LogP contribution in [-0.4, -0.2) is 22.2 Å². The largest absolute Gasteiger partial charge is 0.481 e. The molecule has 1 N–H and O–H groups in total. The fraction of sp³-hybridized carbons (Fsp3) is 0.167. The number of amides is 1. The molecule has 6 heteroatoms. The normalized spacial score (nSPS) is 11.8. The maximum atomic E-state index is 12.3. The minimum absolute atomic E-state index is 0.236. The van der Waals surface area contributed by atoms with Gasteiger partial charge in [0.15, 0.2) is 6.10 Å². The zero-order valence-electron chi connectivity index (χ0n) is 13.4. The van der Waals surface area contributed by atoms with Crippen LogP contribution in [0.25, 0.3) is 11.4 Å². The van der Waals surface area contributed by atoms with E-state index in [1.165, 1.54) is 0 Å². The smallest absolute Gasteiger partial charge is 0.265 e. The van der Waals surface area contributed by atoms with Crippen molar-refractivity contribution in [1.29, 1.82) is 0 Å². The summed E-state index contributed by atoms with van der Waals surface area (Å²) in [7, 11) is 0. The standard InChI is InChI=1S/C18H17N3O3/c1-12(23-16-9-4-3-5-10-16)18(22)20-15-8-6-7-14(11-15)17-19-13(2)24-21-17/h3-12H,1-2H3,(H,20,22). The molecule has 0 aliphatic heterocycles. The molecule has 1 amide bonds. The molecule has 1 heterocycles. The Balaban J connectivity index is 1.68. The number of carbonyl (C=O) groups is 1. The van der Waals surface area contributed by atoms with Crippen LogP contribution in [0.5, 0.6) is 5.75 Å². The minimum Gasteiger partial charge on any atom is -0.481 e. The molecule has 0 saturated heterocycles. The minimum atomic E-state index is -0.622. The number of aryl methyl sites for hydroxylation is 1. The molecule has 3 aromatic rings. The van der Waals surface area contributed by atoms with E-state index in [1.54, 1.807) is 26.0 Å². The van der Waals surface area contributed by atoms with Crippen molar-refractivity contribution in [1.82, 2.24) is 10.1 Å². The Kier molecular flexibility index (Phi) is 4.56. The van der Waals surface area contributed by atoms with Crippen LogP contribution in [0.2, 0.25) is 0 Å². The summed E-state index contributed by atoms with van der Waals surface area (Å²) in [6, 6.07) is 16.5. The monoisotopic (exact) mass is 323 g/mol. The molecule has 2 aromatic carbocycles. The molecule has 1 aromatic heterocycles. The van der Waals surface area contributed by atoms with E-state index >= 15 is 0 Å². The summed E-state index contributed by atoms with van der Waals surface area (Å²) >= 11 is 0. The van der Waals surface area contributed by atoms with Gasteiger partial charge in [-0.25, -0.2) is 0 Å². The predicted molar refractivity (Wildman–Crippen MR) is 89.6 cm³/mol. The molecule has 1 atom stereocenters. The summed E-state index contributed by atoms with van der Waals surface area (Å²) in [5.74, 6) is 1.39. The van der Waals surface area contributed by atoms with Gasteiger partial charge in [-0.05, 0) is 31.2 Å². The molecule has 6 nitrogen and oxygen atoms in total. The lowest BCUT2D eigenvalue weighted by atomic mass is 10.2. The van der Waals surface area contributed by atoms with Gasteiger partial charge in [0.2, 0.25) is 11.7 Å². The Bertz CT molecular complexity index is 830. The average Bonchev–Trinajstić information content (AvgIpc) is 3.02. The highest BCUT2D eigenvalue weighted by molar-refractivity contribution is 5.94. The second kappa shape index (κ2) is 6.95. The van der Waals surface area contributed by atoms with Crippen molar-refractivity contribution in [2.24, 2.45) is 0 Å². The van der Waals surface area contributed by atoms with E-state index in [2.05, 4.69) is 15.5 Å². The van der Waals surface area contributed by atoms with Crippen molar-refractivity contribution in [3.63, 3.8) is 0 Å². The Hall–Kier alpha value is -3.15. The van der Waals surface area contributed by atoms with Crippen molar-refractivity contribution in [3.05, 3.63) is 60.5 Å². The van der Waals surface area contributed by atoms with Crippen LogP contribution in [0.4, 0.5) is 5.69 Å². The van der Waals surface area contributed by atoms with Crippen LogP contribution < -0.4 is 10.1 Å². The fourth-order valence-electron chi connectivity index (χ4n) is 2.15. The SMILES string of the molecule is Cc1nc(-c2cccc(NC(=O)C(C)Oc3ccccc3)c2)no1. The number of benzene rings is 2. The van der Waals surface area contributed by atoms with Gasteiger partial charge in [0.05, 0.1) is 0 Å². The van der Waals surface area contributed by atoms with Crippen LogP contribution in [0.1, 0.15) is 12.8 Å². The summed E-state index contributed by atoms with van der Waals surface area (Å²) in [6.45, 7) is 3.43. The maximum Gasteiger partial charge on any atom is 0.265 e. The number of rotatable bonds is 5. The summed E-state index contributed by atoms with van der Waals surface area (Å²) < 4.78 is 10.6. The topological polar surface area (TPSA) is 77.2 Å². The third-order valence-corrected chi connectivity index (χ3v) is 3.34. The van der Waals surface area contributed by atoms with Crippen LogP contribution in [0.15, 0.2) is 59.1 Å². The number of aromatic nitrogens is 2. The molecule has 0 aliphatic carbocycles. The molecular formula is C18H17N3O3. The number of nitrogens with one attached hydrogen (secondary N) is 1. The molecular weight excluding hydrogens is 306 g/mol. The van der Waals surface area contributed by atoms with Gasteiger partial charge in [-0.15, -0.1) is 0 Å². The lowest BCUT2D eigenvalue weighted by Crippen LogP contribution is -2.30. The first-order valence-electron chi connectivity index (χ1n) is 7.55.